The maximum absolute atomic E-state index is 13.1. The molecule has 7 rings (SSSR count). The lowest BCUT2D eigenvalue weighted by Gasteiger charge is -2.61. The first-order chi connectivity index (χ1) is 23.4. The van der Waals surface area contributed by atoms with Crippen molar-refractivity contribution < 1.29 is 19.5 Å². The van der Waals surface area contributed by atoms with E-state index in [2.05, 4.69) is 84.8 Å². The molecule has 3 saturated carbocycles. The molecule has 0 radical (unpaired) electrons. The van der Waals surface area contributed by atoms with Gasteiger partial charge in [0.25, 0.3) is 0 Å². The van der Waals surface area contributed by atoms with E-state index in [0.717, 1.165) is 34.4 Å². The molecule has 0 spiro atoms. The van der Waals surface area contributed by atoms with E-state index in [1.54, 1.807) is 12.1 Å². The summed E-state index contributed by atoms with van der Waals surface area (Å²) >= 11 is 0. The van der Waals surface area contributed by atoms with Gasteiger partial charge in [-0.2, -0.15) is 5.06 Å². The monoisotopic (exact) mass is 691 g/mol. The lowest BCUT2D eigenvalue weighted by molar-refractivity contribution is -0.332. The Morgan fingerprint density at radius 2 is 1.54 bits per heavy atom. The number of terminal acetylenes is 1. The summed E-state index contributed by atoms with van der Waals surface area (Å²) in [5.41, 5.74) is 1.42. The Kier molecular flexibility index (Phi) is 9.80. The third kappa shape index (κ3) is 7.12. The van der Waals surface area contributed by atoms with Crippen LogP contribution in [0.1, 0.15) is 107 Å². The Hall–Kier alpha value is -3.21. The molecular formula is C44H57NO4Si. The van der Waals surface area contributed by atoms with Gasteiger partial charge in [-0.15, -0.1) is 6.42 Å². The summed E-state index contributed by atoms with van der Waals surface area (Å²) in [7, 11) is -1.70. The number of fused-ring (bicyclic) bond motifs is 2. The molecule has 2 bridgehead atoms. The molecule has 0 aromatic heterocycles. The molecule has 1 N–H and O–H groups in total. The molecule has 3 aromatic rings. The van der Waals surface area contributed by atoms with Crippen LogP contribution in [0.2, 0.25) is 19.1 Å². The van der Waals surface area contributed by atoms with Gasteiger partial charge < -0.3 is 9.84 Å². The third-order valence-corrected chi connectivity index (χ3v) is 16.0. The molecule has 50 heavy (non-hydrogen) atoms. The first-order valence-corrected chi connectivity index (χ1v) is 21.8. The highest BCUT2D eigenvalue weighted by Gasteiger charge is 2.55. The second kappa shape index (κ2) is 13.4. The van der Waals surface area contributed by atoms with Crippen LogP contribution in [0.25, 0.3) is 0 Å². The Balaban J connectivity index is 1.24. The van der Waals surface area contributed by atoms with Gasteiger partial charge in [-0.05, 0) is 99.1 Å². The van der Waals surface area contributed by atoms with Gasteiger partial charge in [-0.25, -0.2) is 4.79 Å². The Morgan fingerprint density at radius 3 is 2.10 bits per heavy atom. The van der Waals surface area contributed by atoms with Crippen LogP contribution >= 0.6 is 0 Å². The zero-order chi connectivity index (χ0) is 36.1. The molecular weight excluding hydrogens is 635 g/mol. The molecule has 5 nitrogen and oxygen atoms in total. The summed E-state index contributed by atoms with van der Waals surface area (Å²) in [6, 6.07) is 27.1. The van der Waals surface area contributed by atoms with Crippen LogP contribution in [0.3, 0.4) is 0 Å². The molecule has 4 aliphatic rings. The van der Waals surface area contributed by atoms with E-state index in [1.165, 1.54) is 30.5 Å². The Bertz CT molecular complexity index is 1680. The van der Waals surface area contributed by atoms with Gasteiger partial charge in [0.1, 0.15) is 12.7 Å². The minimum absolute atomic E-state index is 0.0639. The fourth-order valence-corrected chi connectivity index (χ4v) is 13.2. The normalized spacial score (nSPS) is 25.5. The predicted octanol–water partition coefficient (Wildman–Crippen LogP) is 9.03. The summed E-state index contributed by atoms with van der Waals surface area (Å²) in [5, 5.41) is 15.6. The van der Waals surface area contributed by atoms with Crippen molar-refractivity contribution in [1.82, 2.24) is 5.06 Å². The van der Waals surface area contributed by atoms with E-state index in [4.69, 9.17) is 16.0 Å². The number of carbonyl (C=O) groups is 1. The molecule has 6 heteroatoms. The lowest BCUT2D eigenvalue weighted by Crippen LogP contribution is -2.64. The van der Waals surface area contributed by atoms with Crippen molar-refractivity contribution in [3.8, 4) is 12.3 Å². The zero-order valence-electron chi connectivity index (χ0n) is 31.5. The molecule has 3 aromatic carbocycles. The van der Waals surface area contributed by atoms with Gasteiger partial charge in [0.2, 0.25) is 0 Å². The van der Waals surface area contributed by atoms with E-state index >= 15 is 0 Å². The summed E-state index contributed by atoms with van der Waals surface area (Å²) in [5.74, 6) is 4.90. The molecule has 1 aliphatic heterocycles. The molecule has 1 saturated heterocycles. The second-order valence-electron chi connectivity index (χ2n) is 18.0. The summed E-state index contributed by atoms with van der Waals surface area (Å²) in [4.78, 5) is 20.1. The van der Waals surface area contributed by atoms with Crippen LogP contribution in [0.5, 0.6) is 0 Å². The topological polar surface area (TPSA) is 59.0 Å². The van der Waals surface area contributed by atoms with Gasteiger partial charge in [0.15, 0.2) is 0 Å². The molecule has 0 amide bonds. The van der Waals surface area contributed by atoms with E-state index in [-0.39, 0.29) is 12.6 Å². The number of nitrogens with zero attached hydrogens (tertiary/aromatic N) is 1. The number of aliphatic hydroxyl groups is 1. The number of esters is 1. The van der Waals surface area contributed by atoms with Gasteiger partial charge in [0, 0.05) is 29.5 Å². The molecule has 3 aliphatic carbocycles. The van der Waals surface area contributed by atoms with Crippen LogP contribution in [0.15, 0.2) is 78.9 Å². The number of benzene rings is 3. The third-order valence-electron chi connectivity index (χ3n) is 12.6. The molecule has 4 atom stereocenters. The number of hydroxylamine groups is 2. The summed E-state index contributed by atoms with van der Waals surface area (Å²) in [6.07, 6.45) is 10.2. The average Bonchev–Trinajstić information content (AvgIpc) is 3.07. The van der Waals surface area contributed by atoms with E-state index in [1.807, 2.05) is 47.5 Å². The fourth-order valence-electron chi connectivity index (χ4n) is 10.1. The smallest absolute Gasteiger partial charge is 0.338 e. The van der Waals surface area contributed by atoms with Gasteiger partial charge in [-0.3, -0.25) is 4.84 Å². The first kappa shape index (κ1) is 36.6. The highest BCUT2D eigenvalue weighted by atomic mass is 28.3. The predicted molar refractivity (Wildman–Crippen MR) is 205 cm³/mol. The molecule has 266 valence electrons. The van der Waals surface area contributed by atoms with E-state index in [0.29, 0.717) is 23.8 Å². The van der Waals surface area contributed by atoms with Crippen LogP contribution in [0.4, 0.5) is 0 Å². The SMILES string of the molecule is C#Cc1ccc(C2(O)CC(C)(C)N(OC(COC(=O)c3ccccc3)c3ccc([Si](C)(C)CC4CCC5CC4C5(C)C)cc3)C(C)(C)C2)cc1. The second-order valence-corrected chi connectivity index (χ2v) is 22.7. The number of hydrogen-bond acceptors (Lipinski definition) is 5. The van der Waals surface area contributed by atoms with Crippen molar-refractivity contribution in [1.29, 1.82) is 0 Å². The first-order valence-electron chi connectivity index (χ1n) is 18.5. The quantitative estimate of drug-likeness (QED) is 0.131. The summed E-state index contributed by atoms with van der Waals surface area (Å²) < 4.78 is 5.94. The van der Waals surface area contributed by atoms with Crippen LogP contribution in [0, 0.1) is 35.5 Å². The largest absolute Gasteiger partial charge is 0.459 e. The van der Waals surface area contributed by atoms with Crippen LogP contribution in [-0.4, -0.2) is 41.9 Å². The summed E-state index contributed by atoms with van der Waals surface area (Å²) in [6.45, 7) is 18.5. The van der Waals surface area contributed by atoms with Gasteiger partial charge in [0.05, 0.1) is 19.2 Å². The van der Waals surface area contributed by atoms with Crippen molar-refractivity contribution in [2.45, 2.75) is 116 Å². The average molecular weight is 692 g/mol. The van der Waals surface area contributed by atoms with Crippen molar-refractivity contribution >= 4 is 19.2 Å². The Morgan fingerprint density at radius 1 is 0.920 bits per heavy atom. The molecule has 4 unspecified atom stereocenters. The number of ether oxygens (including phenoxy) is 1. The van der Waals surface area contributed by atoms with Crippen molar-refractivity contribution in [3.63, 3.8) is 0 Å². The van der Waals surface area contributed by atoms with Crippen molar-refractivity contribution in [3.05, 3.63) is 101 Å². The number of hydrogen-bond donors (Lipinski definition) is 1. The standard InChI is InChI=1S/C44H57NO4Si/c1-10-31-16-21-35(22-17-31)44(47)29-41(2,3)45(42(4,5)30-44)49-39(27-48-40(46)33-14-12-11-13-15-33)32-19-24-37(25-20-32)50(8,9)28-34-18-23-36-26-38(34)43(36,6)7/h1,11-17,19-22,24-25,34,36,38-39,47H,18,23,26-30H2,2-9H3. The van der Waals surface area contributed by atoms with Gasteiger partial charge in [-0.1, -0.05) is 105 Å². The lowest BCUT2D eigenvalue weighted by atomic mass is 9.46. The maximum Gasteiger partial charge on any atom is 0.338 e. The highest BCUT2D eigenvalue weighted by Crippen LogP contribution is 2.62. The number of rotatable bonds is 10. The molecule has 1 heterocycles. The van der Waals surface area contributed by atoms with Gasteiger partial charge >= 0.3 is 5.97 Å². The Labute approximate surface area is 301 Å². The van der Waals surface area contributed by atoms with Crippen LogP contribution < -0.4 is 5.19 Å². The maximum atomic E-state index is 13.1. The van der Waals surface area contributed by atoms with Crippen LogP contribution in [-0.2, 0) is 15.2 Å². The number of carbonyl (C=O) groups excluding carboxylic acids is 1. The van der Waals surface area contributed by atoms with E-state index < -0.39 is 30.9 Å². The minimum atomic E-state index is -1.70. The zero-order valence-corrected chi connectivity index (χ0v) is 32.5. The highest BCUT2D eigenvalue weighted by molar-refractivity contribution is 6.89. The number of piperidine rings is 1. The molecule has 4 fully saturated rings. The minimum Gasteiger partial charge on any atom is -0.459 e. The van der Waals surface area contributed by atoms with Crippen molar-refractivity contribution in [2.75, 3.05) is 6.61 Å². The van der Waals surface area contributed by atoms with E-state index in [9.17, 15) is 9.90 Å². The van der Waals surface area contributed by atoms with Crippen molar-refractivity contribution in [2.24, 2.45) is 23.2 Å². The fraction of sp³-hybridized carbons (Fsp3) is 0.523.